The Bertz CT molecular complexity index is 855. The molecule has 1 rings (SSSR count). The lowest BCUT2D eigenvalue weighted by Crippen LogP contribution is -2.16. The van der Waals surface area contributed by atoms with Crippen LogP contribution < -0.4 is 0 Å². The molecule has 0 aromatic heterocycles. The zero-order chi connectivity index (χ0) is 21.5. The van der Waals surface area contributed by atoms with Crippen molar-refractivity contribution in [1.29, 1.82) is 0 Å². The normalized spacial score (nSPS) is 11.9. The summed E-state index contributed by atoms with van der Waals surface area (Å²) < 4.78 is 63.4. The van der Waals surface area contributed by atoms with Gasteiger partial charge in [-0.25, -0.2) is 9.59 Å². The molecule has 0 aliphatic heterocycles. The predicted molar refractivity (Wildman–Crippen MR) is 98.1 cm³/mol. The van der Waals surface area contributed by atoms with Crippen molar-refractivity contribution >= 4 is 32.2 Å². The molecule has 0 bridgehead atoms. The molecule has 158 valence electrons. The SMILES string of the molecule is COC(=O)c1cc(CCOS(C)(=O)=O)c(CCOS(C)(=O)=O)cc1C(=O)OC. The highest BCUT2D eigenvalue weighted by Gasteiger charge is 2.22. The maximum absolute atomic E-state index is 12.0. The largest absolute Gasteiger partial charge is 0.465 e. The number of hydrogen-bond donors (Lipinski definition) is 0. The van der Waals surface area contributed by atoms with Gasteiger partial charge in [0.2, 0.25) is 0 Å². The van der Waals surface area contributed by atoms with Gasteiger partial charge in [-0.15, -0.1) is 0 Å². The number of carbonyl (C=O) groups excluding carboxylic acids is 2. The molecule has 28 heavy (non-hydrogen) atoms. The summed E-state index contributed by atoms with van der Waals surface area (Å²) in [5.74, 6) is -1.57. The van der Waals surface area contributed by atoms with E-state index >= 15 is 0 Å². The van der Waals surface area contributed by atoms with E-state index in [9.17, 15) is 26.4 Å². The molecule has 0 fully saturated rings. The van der Waals surface area contributed by atoms with Gasteiger partial charge < -0.3 is 9.47 Å². The minimum absolute atomic E-state index is 0.0727. The monoisotopic (exact) mass is 438 g/mol. The first-order chi connectivity index (χ1) is 12.9. The number of methoxy groups -OCH3 is 2. The number of benzene rings is 1. The van der Waals surface area contributed by atoms with Crippen molar-refractivity contribution in [2.45, 2.75) is 12.8 Å². The van der Waals surface area contributed by atoms with Crippen LogP contribution in [0.25, 0.3) is 0 Å². The summed E-state index contributed by atoms with van der Waals surface area (Å²) in [5, 5.41) is 0. The molecule has 0 saturated heterocycles. The van der Waals surface area contributed by atoms with Gasteiger partial charge in [0.25, 0.3) is 20.2 Å². The van der Waals surface area contributed by atoms with Crippen molar-refractivity contribution in [2.75, 3.05) is 39.9 Å². The molecule has 1 aromatic rings. The van der Waals surface area contributed by atoms with Gasteiger partial charge in [-0.3, -0.25) is 8.37 Å². The molecule has 1 aromatic carbocycles. The summed E-state index contributed by atoms with van der Waals surface area (Å²) >= 11 is 0. The van der Waals surface area contributed by atoms with Gasteiger partial charge >= 0.3 is 11.9 Å². The first-order valence-corrected chi connectivity index (χ1v) is 11.5. The van der Waals surface area contributed by atoms with E-state index in [1.807, 2.05) is 0 Å². The lowest BCUT2D eigenvalue weighted by molar-refractivity contribution is 0.0555. The molecule has 0 unspecified atom stereocenters. The number of ether oxygens (including phenoxy) is 2. The standard InChI is InChI=1S/C16H22O10S2/c1-23-15(17)13-9-11(5-7-25-27(3,19)20)12(6-8-26-28(4,21)22)10-14(13)16(18)24-2/h9-10H,5-8H2,1-4H3. The minimum atomic E-state index is -3.67. The van der Waals surface area contributed by atoms with Crippen molar-refractivity contribution in [2.24, 2.45) is 0 Å². The van der Waals surface area contributed by atoms with Crippen molar-refractivity contribution < 1.29 is 44.3 Å². The quantitative estimate of drug-likeness (QED) is 0.370. The predicted octanol–water partition coefficient (Wildman–Crippen LogP) is 0.297. The van der Waals surface area contributed by atoms with E-state index in [0.29, 0.717) is 11.1 Å². The molecule has 0 aliphatic carbocycles. The molecule has 12 heteroatoms. The molecule has 0 heterocycles. The lowest BCUT2D eigenvalue weighted by Gasteiger charge is -2.15. The fourth-order valence-electron chi connectivity index (χ4n) is 2.32. The van der Waals surface area contributed by atoms with Crippen LogP contribution in [0.3, 0.4) is 0 Å². The molecular weight excluding hydrogens is 416 g/mol. The van der Waals surface area contributed by atoms with Crippen molar-refractivity contribution in [3.63, 3.8) is 0 Å². The van der Waals surface area contributed by atoms with Crippen LogP contribution in [-0.4, -0.2) is 68.7 Å². The fourth-order valence-corrected chi connectivity index (χ4v) is 3.09. The Morgan fingerprint density at radius 2 is 1.07 bits per heavy atom. The Kier molecular flexibility index (Phi) is 8.54. The Labute approximate surface area is 164 Å². The second-order valence-corrected chi connectivity index (χ2v) is 8.99. The second-order valence-electron chi connectivity index (χ2n) is 5.70. The van der Waals surface area contributed by atoms with Gasteiger partial charge in [0, 0.05) is 0 Å². The van der Waals surface area contributed by atoms with Gasteiger partial charge in [0.05, 0.1) is 51.1 Å². The molecular formula is C16H22O10S2. The van der Waals surface area contributed by atoms with Crippen molar-refractivity contribution in [1.82, 2.24) is 0 Å². The van der Waals surface area contributed by atoms with Crippen molar-refractivity contribution in [3.8, 4) is 0 Å². The summed E-state index contributed by atoms with van der Waals surface area (Å²) in [7, 11) is -5.05. The van der Waals surface area contributed by atoms with E-state index in [4.69, 9.17) is 8.37 Å². The summed E-state index contributed by atoms with van der Waals surface area (Å²) in [6.07, 6.45) is 1.95. The smallest absolute Gasteiger partial charge is 0.338 e. The molecule has 10 nitrogen and oxygen atoms in total. The van der Waals surface area contributed by atoms with Gasteiger partial charge in [0.15, 0.2) is 0 Å². The van der Waals surface area contributed by atoms with Crippen LogP contribution in [0.4, 0.5) is 0 Å². The first-order valence-electron chi connectivity index (χ1n) is 7.89. The third-order valence-corrected chi connectivity index (χ3v) is 4.68. The molecule has 0 radical (unpaired) electrons. The van der Waals surface area contributed by atoms with Gasteiger partial charge in [-0.2, -0.15) is 16.8 Å². The van der Waals surface area contributed by atoms with Crippen LogP contribution in [0, 0.1) is 0 Å². The Balaban J connectivity index is 3.32. The Hall–Kier alpha value is -2.02. The van der Waals surface area contributed by atoms with Crippen LogP contribution in [-0.2, 0) is 50.9 Å². The maximum Gasteiger partial charge on any atom is 0.338 e. The zero-order valence-electron chi connectivity index (χ0n) is 15.9. The molecule has 0 atom stereocenters. The second kappa shape index (κ2) is 9.96. The van der Waals surface area contributed by atoms with E-state index in [0.717, 1.165) is 26.7 Å². The fraction of sp³-hybridized carbons (Fsp3) is 0.500. The van der Waals surface area contributed by atoms with E-state index < -0.39 is 32.2 Å². The zero-order valence-corrected chi connectivity index (χ0v) is 17.5. The highest BCUT2D eigenvalue weighted by molar-refractivity contribution is 7.86. The summed E-state index contributed by atoms with van der Waals surface area (Å²) in [6, 6.07) is 2.72. The molecule has 0 spiro atoms. The third-order valence-electron chi connectivity index (χ3n) is 3.49. The minimum Gasteiger partial charge on any atom is -0.465 e. The third kappa shape index (κ3) is 7.92. The average molecular weight is 438 g/mol. The Morgan fingerprint density at radius 3 is 1.32 bits per heavy atom. The van der Waals surface area contributed by atoms with E-state index in [-0.39, 0.29) is 37.2 Å². The van der Waals surface area contributed by atoms with Gasteiger partial charge in [-0.1, -0.05) is 0 Å². The topological polar surface area (TPSA) is 139 Å². The maximum atomic E-state index is 12.0. The van der Waals surface area contributed by atoms with Crippen LogP contribution >= 0.6 is 0 Å². The lowest BCUT2D eigenvalue weighted by atomic mass is 9.95. The number of esters is 2. The van der Waals surface area contributed by atoms with Crippen LogP contribution in [0.2, 0.25) is 0 Å². The van der Waals surface area contributed by atoms with E-state index in [1.54, 1.807) is 0 Å². The Morgan fingerprint density at radius 1 is 0.750 bits per heavy atom. The van der Waals surface area contributed by atoms with E-state index in [1.165, 1.54) is 12.1 Å². The van der Waals surface area contributed by atoms with E-state index in [2.05, 4.69) is 9.47 Å². The van der Waals surface area contributed by atoms with Crippen molar-refractivity contribution in [3.05, 3.63) is 34.4 Å². The van der Waals surface area contributed by atoms with Gasteiger partial charge in [0.1, 0.15) is 0 Å². The number of rotatable bonds is 10. The summed E-state index contributed by atoms with van der Waals surface area (Å²) in [5.41, 5.74) is 0.788. The highest BCUT2D eigenvalue weighted by atomic mass is 32.2. The van der Waals surface area contributed by atoms with Gasteiger partial charge in [-0.05, 0) is 36.1 Å². The molecule has 0 aliphatic rings. The van der Waals surface area contributed by atoms with Crippen LogP contribution in [0.1, 0.15) is 31.8 Å². The summed E-state index contributed by atoms with van der Waals surface area (Å²) in [4.78, 5) is 24.1. The average Bonchev–Trinajstić information content (AvgIpc) is 2.58. The number of hydrogen-bond acceptors (Lipinski definition) is 10. The molecule has 0 saturated carbocycles. The molecule has 0 N–H and O–H groups in total. The first kappa shape index (κ1) is 24.0. The summed E-state index contributed by atoms with van der Waals surface area (Å²) in [6.45, 7) is -0.423. The highest BCUT2D eigenvalue weighted by Crippen LogP contribution is 2.21. The molecule has 0 amide bonds. The number of carbonyl (C=O) groups is 2. The van der Waals surface area contributed by atoms with Crippen LogP contribution in [0.15, 0.2) is 12.1 Å². The van der Waals surface area contributed by atoms with Crippen LogP contribution in [0.5, 0.6) is 0 Å².